The van der Waals surface area contributed by atoms with Crippen LogP contribution in [0.2, 0.25) is 0 Å². The van der Waals surface area contributed by atoms with Crippen molar-refractivity contribution in [1.82, 2.24) is 0 Å². The lowest BCUT2D eigenvalue weighted by atomic mass is 10.1. The Bertz CT molecular complexity index is 445. The highest BCUT2D eigenvalue weighted by Gasteiger charge is 2.18. The zero-order valence-electron chi connectivity index (χ0n) is 11.1. The molecule has 0 amide bonds. The van der Waals surface area contributed by atoms with Crippen molar-refractivity contribution in [3.8, 4) is 5.75 Å². The van der Waals surface area contributed by atoms with E-state index in [1.54, 1.807) is 11.8 Å². The van der Waals surface area contributed by atoms with Crippen molar-refractivity contribution in [1.29, 1.82) is 5.41 Å². The summed E-state index contributed by atoms with van der Waals surface area (Å²) >= 11 is 1.68. The van der Waals surface area contributed by atoms with Crippen molar-refractivity contribution in [2.75, 3.05) is 25.6 Å². The van der Waals surface area contributed by atoms with E-state index in [9.17, 15) is 0 Å². The molecule has 3 N–H and O–H groups in total. The minimum atomic E-state index is 0.0641. The van der Waals surface area contributed by atoms with E-state index >= 15 is 0 Å². The number of hydrogen-bond donors (Lipinski definition) is 2. The summed E-state index contributed by atoms with van der Waals surface area (Å²) in [5.74, 6) is 2.16. The summed E-state index contributed by atoms with van der Waals surface area (Å²) in [4.78, 5) is 1.01. The van der Waals surface area contributed by atoms with Gasteiger partial charge in [0, 0.05) is 17.4 Å². The Labute approximate surface area is 118 Å². The van der Waals surface area contributed by atoms with Gasteiger partial charge in [-0.15, -0.1) is 11.8 Å². The van der Waals surface area contributed by atoms with Crippen molar-refractivity contribution in [2.24, 2.45) is 11.7 Å². The smallest absolute Gasteiger partial charge is 0.131 e. The largest absolute Gasteiger partial charge is 0.492 e. The minimum Gasteiger partial charge on any atom is -0.492 e. The van der Waals surface area contributed by atoms with Crippen LogP contribution in [0.5, 0.6) is 5.75 Å². The van der Waals surface area contributed by atoms with Crippen LogP contribution in [0.15, 0.2) is 23.1 Å². The molecule has 1 unspecified atom stereocenters. The Kier molecular flexibility index (Phi) is 5.10. The molecule has 2 rings (SSSR count). The van der Waals surface area contributed by atoms with Crippen molar-refractivity contribution in [2.45, 2.75) is 18.2 Å². The Morgan fingerprint density at radius 1 is 1.58 bits per heavy atom. The number of hydrogen-bond acceptors (Lipinski definition) is 4. The molecule has 19 heavy (non-hydrogen) atoms. The molecule has 1 aliphatic heterocycles. The predicted molar refractivity (Wildman–Crippen MR) is 78.3 cm³/mol. The van der Waals surface area contributed by atoms with E-state index in [2.05, 4.69) is 6.92 Å². The van der Waals surface area contributed by atoms with E-state index in [0.29, 0.717) is 23.8 Å². The molecular formula is C14H20N2O2S. The van der Waals surface area contributed by atoms with Gasteiger partial charge in [-0.1, -0.05) is 13.0 Å². The zero-order valence-corrected chi connectivity index (χ0v) is 12.0. The van der Waals surface area contributed by atoms with Gasteiger partial charge in [0.1, 0.15) is 11.6 Å². The summed E-state index contributed by atoms with van der Waals surface area (Å²) in [5.41, 5.74) is 6.41. The molecule has 4 nitrogen and oxygen atoms in total. The molecule has 0 saturated carbocycles. The minimum absolute atomic E-state index is 0.0641. The molecule has 1 heterocycles. The first kappa shape index (κ1) is 14.2. The van der Waals surface area contributed by atoms with Gasteiger partial charge in [-0.05, 0) is 24.3 Å². The average molecular weight is 280 g/mol. The monoisotopic (exact) mass is 280 g/mol. The summed E-state index contributed by atoms with van der Waals surface area (Å²) in [6, 6.07) is 5.81. The van der Waals surface area contributed by atoms with Crippen LogP contribution >= 0.6 is 11.8 Å². The van der Waals surface area contributed by atoms with E-state index in [4.69, 9.17) is 20.6 Å². The van der Waals surface area contributed by atoms with Crippen molar-refractivity contribution in [3.05, 3.63) is 23.8 Å². The second-order valence-corrected chi connectivity index (χ2v) is 5.82. The number of thioether (sulfide) groups is 1. The lowest BCUT2D eigenvalue weighted by Crippen LogP contribution is -2.17. The quantitative estimate of drug-likeness (QED) is 0.477. The molecule has 1 aromatic carbocycles. The number of nitrogens with one attached hydrogen (secondary N) is 1. The second kappa shape index (κ2) is 6.82. The Hall–Kier alpha value is -1.20. The van der Waals surface area contributed by atoms with Crippen molar-refractivity contribution >= 4 is 17.6 Å². The highest BCUT2D eigenvalue weighted by Crippen LogP contribution is 2.30. The number of rotatable bonds is 6. The van der Waals surface area contributed by atoms with E-state index in [0.717, 1.165) is 30.3 Å². The first-order valence-corrected chi connectivity index (χ1v) is 7.51. The van der Waals surface area contributed by atoms with Gasteiger partial charge in [0.15, 0.2) is 0 Å². The van der Waals surface area contributed by atoms with Crippen LogP contribution in [0.1, 0.15) is 18.9 Å². The van der Waals surface area contributed by atoms with Crippen LogP contribution in [-0.2, 0) is 4.74 Å². The molecule has 0 radical (unpaired) electrons. The van der Waals surface area contributed by atoms with Gasteiger partial charge in [-0.3, -0.25) is 5.41 Å². The maximum atomic E-state index is 7.74. The first-order valence-electron chi connectivity index (χ1n) is 6.53. The molecule has 0 aromatic heterocycles. The van der Waals surface area contributed by atoms with Gasteiger partial charge in [0.2, 0.25) is 0 Å². The predicted octanol–water partition coefficient (Wildman–Crippen LogP) is 2.50. The van der Waals surface area contributed by atoms with E-state index in [1.165, 1.54) is 0 Å². The highest BCUT2D eigenvalue weighted by molar-refractivity contribution is 7.99. The Balaban J connectivity index is 2.13. The maximum Gasteiger partial charge on any atom is 0.131 e. The summed E-state index contributed by atoms with van der Waals surface area (Å²) in [6.07, 6.45) is 1.04. The fourth-order valence-corrected chi connectivity index (χ4v) is 2.94. The molecule has 5 heteroatoms. The molecule has 1 aliphatic rings. The van der Waals surface area contributed by atoms with Crippen LogP contribution in [0.25, 0.3) is 0 Å². The number of nitrogen functional groups attached to an aromatic ring is 1. The lowest BCUT2D eigenvalue weighted by Gasteiger charge is -2.16. The molecule has 0 aliphatic carbocycles. The topological polar surface area (TPSA) is 68.3 Å². The van der Waals surface area contributed by atoms with Crippen molar-refractivity contribution < 1.29 is 9.47 Å². The van der Waals surface area contributed by atoms with Gasteiger partial charge in [0.25, 0.3) is 0 Å². The summed E-state index contributed by atoms with van der Waals surface area (Å²) in [5, 5.41) is 7.74. The Morgan fingerprint density at radius 3 is 3.05 bits per heavy atom. The van der Waals surface area contributed by atoms with Crippen LogP contribution in [-0.4, -0.2) is 31.4 Å². The fraction of sp³-hybridized carbons (Fsp3) is 0.500. The number of ether oxygens (including phenoxy) is 2. The average Bonchev–Trinajstić information content (AvgIpc) is 2.89. The molecule has 1 fully saturated rings. The molecule has 1 atom stereocenters. The number of nitrogens with two attached hydrogens (primary N) is 1. The molecular weight excluding hydrogens is 260 g/mol. The van der Waals surface area contributed by atoms with Crippen LogP contribution in [0, 0.1) is 11.3 Å². The molecule has 104 valence electrons. The summed E-state index contributed by atoms with van der Waals surface area (Å²) < 4.78 is 11.2. The zero-order chi connectivity index (χ0) is 13.7. The number of benzene rings is 1. The summed E-state index contributed by atoms with van der Waals surface area (Å²) in [6.45, 7) is 4.29. The normalized spacial score (nSPS) is 18.5. The lowest BCUT2D eigenvalue weighted by molar-refractivity contribution is 0.167. The summed E-state index contributed by atoms with van der Waals surface area (Å²) in [7, 11) is 0. The molecule has 0 spiro atoms. The van der Waals surface area contributed by atoms with E-state index in [-0.39, 0.29) is 5.84 Å². The third kappa shape index (κ3) is 3.64. The van der Waals surface area contributed by atoms with E-state index < -0.39 is 0 Å². The van der Waals surface area contributed by atoms with Crippen LogP contribution in [0.4, 0.5) is 0 Å². The highest BCUT2D eigenvalue weighted by atomic mass is 32.2. The standard InChI is InChI=1S/C14H20N2O2S/c1-2-19-12-5-3-4-11(13(12)14(15)16)18-9-10-6-7-17-8-10/h3-5,10H,2,6-9H2,1H3,(H3,15,16). The molecule has 1 aromatic rings. The number of amidine groups is 1. The van der Waals surface area contributed by atoms with Gasteiger partial charge in [-0.25, -0.2) is 0 Å². The molecule has 1 saturated heterocycles. The van der Waals surface area contributed by atoms with Crippen LogP contribution < -0.4 is 10.5 Å². The van der Waals surface area contributed by atoms with Gasteiger partial charge >= 0.3 is 0 Å². The van der Waals surface area contributed by atoms with Gasteiger partial charge in [0.05, 0.1) is 18.8 Å². The van der Waals surface area contributed by atoms with E-state index in [1.807, 2.05) is 18.2 Å². The van der Waals surface area contributed by atoms with Gasteiger partial charge < -0.3 is 15.2 Å². The van der Waals surface area contributed by atoms with Gasteiger partial charge in [-0.2, -0.15) is 0 Å². The maximum absolute atomic E-state index is 7.74. The third-order valence-electron chi connectivity index (χ3n) is 3.06. The first-order chi connectivity index (χ1) is 9.22. The third-order valence-corrected chi connectivity index (χ3v) is 4.00. The van der Waals surface area contributed by atoms with Crippen molar-refractivity contribution in [3.63, 3.8) is 0 Å². The SMILES string of the molecule is CCSc1cccc(OCC2CCOC2)c1C(=N)N. The molecule has 0 bridgehead atoms. The fourth-order valence-electron chi connectivity index (χ4n) is 2.09. The Morgan fingerprint density at radius 2 is 2.42 bits per heavy atom. The van der Waals surface area contributed by atoms with Crippen LogP contribution in [0.3, 0.4) is 0 Å². The second-order valence-electron chi connectivity index (χ2n) is 4.52.